The molecule has 186 valence electrons. The molecule has 0 aliphatic carbocycles. The molecule has 4 heterocycles. The Hall–Kier alpha value is -1.42. The number of halogens is 1. The van der Waals surface area contributed by atoms with Gasteiger partial charge in [-0.3, -0.25) is 4.99 Å². The highest BCUT2D eigenvalue weighted by Crippen LogP contribution is 2.43. The number of aliphatic imine (C=N–C) groups is 1. The largest absolute Gasteiger partial charge is 0.383 e. The summed E-state index contributed by atoms with van der Waals surface area (Å²) in [4.78, 5) is 14.2. The van der Waals surface area contributed by atoms with Gasteiger partial charge in [0.05, 0.1) is 37.6 Å². The smallest absolute Gasteiger partial charge is 0.194 e. The summed E-state index contributed by atoms with van der Waals surface area (Å²) in [5, 5.41) is 3.58. The second-order valence-electron chi connectivity index (χ2n) is 9.48. The first-order chi connectivity index (χ1) is 15.5. The predicted octanol–water partition coefficient (Wildman–Crippen LogP) is 2.73. The Labute approximate surface area is 208 Å². The van der Waals surface area contributed by atoms with Crippen LogP contribution in [0.5, 0.6) is 0 Å². The van der Waals surface area contributed by atoms with E-state index in [0.29, 0.717) is 25.7 Å². The topological polar surface area (TPSA) is 71.5 Å². The molecule has 5 atom stereocenters. The predicted molar refractivity (Wildman–Crippen MR) is 137 cm³/mol. The van der Waals surface area contributed by atoms with E-state index in [1.54, 1.807) is 7.11 Å². The molecule has 0 amide bonds. The number of anilines is 1. The third-order valence-corrected chi connectivity index (χ3v) is 7.20. The summed E-state index contributed by atoms with van der Waals surface area (Å²) >= 11 is 0. The van der Waals surface area contributed by atoms with Gasteiger partial charge in [-0.1, -0.05) is 13.0 Å². The van der Waals surface area contributed by atoms with Crippen molar-refractivity contribution in [2.75, 3.05) is 57.9 Å². The summed E-state index contributed by atoms with van der Waals surface area (Å²) in [6, 6.07) is 6.26. The summed E-state index contributed by atoms with van der Waals surface area (Å²) in [5.41, 5.74) is -0.120. The number of nitrogens with one attached hydrogen (secondary N) is 1. The molecular weight excluding hydrogens is 486 g/mol. The second-order valence-corrected chi connectivity index (χ2v) is 9.48. The van der Waals surface area contributed by atoms with Crippen LogP contribution in [0.15, 0.2) is 29.4 Å². The van der Waals surface area contributed by atoms with Crippen molar-refractivity contribution in [1.29, 1.82) is 0 Å². The molecule has 3 aliphatic rings. The van der Waals surface area contributed by atoms with Crippen LogP contribution in [0, 0.1) is 5.92 Å². The van der Waals surface area contributed by atoms with Gasteiger partial charge in [-0.15, -0.1) is 17.0 Å². The number of hydrogen-bond donors (Lipinski definition) is 1. The van der Waals surface area contributed by atoms with Crippen LogP contribution >= 0.6 is 17.0 Å². The fourth-order valence-electron chi connectivity index (χ4n) is 5.03. The van der Waals surface area contributed by atoms with Crippen LogP contribution in [0.3, 0.4) is 0 Å². The van der Waals surface area contributed by atoms with Crippen LogP contribution in [-0.2, 0) is 14.2 Å². The minimum Gasteiger partial charge on any atom is -0.383 e. The minimum atomic E-state index is -0.120. The van der Waals surface area contributed by atoms with Gasteiger partial charge in [0.15, 0.2) is 5.96 Å². The molecule has 1 aromatic rings. The van der Waals surface area contributed by atoms with Crippen molar-refractivity contribution in [2.45, 2.75) is 57.5 Å². The average molecular weight is 527 g/mol. The van der Waals surface area contributed by atoms with Crippen molar-refractivity contribution >= 4 is 28.8 Å². The summed E-state index contributed by atoms with van der Waals surface area (Å²) in [7, 11) is 1.73. The lowest BCUT2D eigenvalue weighted by atomic mass is 9.86. The first-order valence-electron chi connectivity index (χ1n) is 12.0. The van der Waals surface area contributed by atoms with Crippen molar-refractivity contribution in [3.05, 3.63) is 24.4 Å². The van der Waals surface area contributed by atoms with Gasteiger partial charge in [-0.25, -0.2) is 4.98 Å². The molecule has 33 heavy (non-hydrogen) atoms. The van der Waals surface area contributed by atoms with Crippen molar-refractivity contribution < 1.29 is 14.2 Å². The molecule has 9 heteroatoms. The number of rotatable bonds is 6. The maximum atomic E-state index is 6.54. The summed E-state index contributed by atoms with van der Waals surface area (Å²) < 4.78 is 17.8. The highest BCUT2D eigenvalue weighted by Gasteiger charge is 2.51. The van der Waals surface area contributed by atoms with Crippen LogP contribution in [-0.4, -0.2) is 92.7 Å². The minimum absolute atomic E-state index is 0. The zero-order valence-electron chi connectivity index (χ0n) is 20.4. The van der Waals surface area contributed by atoms with E-state index in [2.05, 4.69) is 46.9 Å². The number of aromatic nitrogens is 1. The van der Waals surface area contributed by atoms with Crippen molar-refractivity contribution in [3.63, 3.8) is 0 Å². The van der Waals surface area contributed by atoms with Crippen molar-refractivity contribution in [2.24, 2.45) is 10.9 Å². The Bertz CT molecular complexity index is 762. The number of hydrogen-bond acceptors (Lipinski definition) is 6. The fraction of sp³-hybridized carbons (Fsp3) is 0.750. The van der Waals surface area contributed by atoms with Gasteiger partial charge in [0.2, 0.25) is 0 Å². The number of methoxy groups -OCH3 is 1. The molecule has 3 fully saturated rings. The number of guanidine groups is 1. The lowest BCUT2D eigenvalue weighted by Gasteiger charge is -2.38. The Kier molecular flexibility index (Phi) is 9.38. The van der Waals surface area contributed by atoms with Crippen LogP contribution in [0.2, 0.25) is 0 Å². The third kappa shape index (κ3) is 6.18. The number of pyridine rings is 1. The van der Waals surface area contributed by atoms with Crippen LogP contribution in [0.1, 0.15) is 33.6 Å². The quantitative estimate of drug-likeness (QED) is 0.452. The van der Waals surface area contributed by atoms with E-state index < -0.39 is 0 Å². The summed E-state index contributed by atoms with van der Waals surface area (Å²) in [6.45, 7) is 12.2. The Morgan fingerprint density at radius 3 is 2.73 bits per heavy atom. The molecule has 3 aliphatic heterocycles. The molecule has 0 saturated carbocycles. The Balaban J connectivity index is 0.00000306. The average Bonchev–Trinajstić information content (AvgIpc) is 3.36. The Morgan fingerprint density at radius 2 is 2.09 bits per heavy atom. The fourth-order valence-corrected chi connectivity index (χ4v) is 5.03. The first kappa shape index (κ1) is 26.2. The van der Waals surface area contributed by atoms with E-state index in [0.717, 1.165) is 50.8 Å². The van der Waals surface area contributed by atoms with Crippen molar-refractivity contribution in [1.82, 2.24) is 15.2 Å². The van der Waals surface area contributed by atoms with Crippen molar-refractivity contribution in [3.8, 4) is 0 Å². The molecular formula is C24H40BrN5O3. The van der Waals surface area contributed by atoms with Gasteiger partial charge in [-0.2, -0.15) is 0 Å². The third-order valence-electron chi connectivity index (χ3n) is 7.20. The zero-order valence-corrected chi connectivity index (χ0v) is 22.1. The molecule has 4 rings (SSSR count). The highest BCUT2D eigenvalue weighted by molar-refractivity contribution is 8.93. The number of ether oxygens (including phenoxy) is 3. The van der Waals surface area contributed by atoms with Gasteiger partial charge in [0, 0.05) is 51.4 Å². The van der Waals surface area contributed by atoms with E-state index >= 15 is 0 Å². The SMILES string of the molecule is Br.COCC(C)NC(=NCC1CCC2(COC(C)C2C)O1)N1CCN(c2ccccn2)CC1. The van der Waals surface area contributed by atoms with E-state index in [9.17, 15) is 0 Å². The van der Waals surface area contributed by atoms with E-state index in [1.807, 2.05) is 18.3 Å². The monoisotopic (exact) mass is 525 g/mol. The number of piperazine rings is 1. The van der Waals surface area contributed by atoms with Gasteiger partial charge in [-0.05, 0) is 38.8 Å². The Morgan fingerprint density at radius 1 is 1.30 bits per heavy atom. The molecule has 1 aromatic heterocycles. The maximum absolute atomic E-state index is 6.54. The maximum Gasteiger partial charge on any atom is 0.194 e. The normalized spacial score (nSPS) is 31.0. The van der Waals surface area contributed by atoms with Gasteiger partial charge >= 0.3 is 0 Å². The van der Waals surface area contributed by atoms with E-state index in [1.165, 1.54) is 0 Å². The highest BCUT2D eigenvalue weighted by atomic mass is 79.9. The molecule has 3 saturated heterocycles. The van der Waals surface area contributed by atoms with Gasteiger partial charge in [0.25, 0.3) is 0 Å². The van der Waals surface area contributed by atoms with Gasteiger partial charge < -0.3 is 29.3 Å². The van der Waals surface area contributed by atoms with Crippen LogP contribution in [0.4, 0.5) is 5.82 Å². The standard InChI is InChI=1S/C24H39N5O3.BrH/c1-18(16-30-4)27-23(29-13-11-28(12-14-29)22-7-5-6-10-25-22)26-15-21-8-9-24(32-21)17-31-20(3)19(24)2;/h5-7,10,18-21H,8-9,11-17H2,1-4H3,(H,26,27);1H. The van der Waals surface area contributed by atoms with Crippen LogP contribution in [0.25, 0.3) is 0 Å². The van der Waals surface area contributed by atoms with Gasteiger partial charge in [0.1, 0.15) is 5.82 Å². The summed E-state index contributed by atoms with van der Waals surface area (Å²) in [5.74, 6) is 2.41. The van der Waals surface area contributed by atoms with E-state index in [-0.39, 0.29) is 40.8 Å². The molecule has 5 unspecified atom stereocenters. The summed E-state index contributed by atoms with van der Waals surface area (Å²) in [6.07, 6.45) is 4.37. The zero-order chi connectivity index (χ0) is 22.6. The van der Waals surface area contributed by atoms with Crippen LogP contribution < -0.4 is 10.2 Å². The second kappa shape index (κ2) is 11.8. The lowest BCUT2D eigenvalue weighted by molar-refractivity contribution is -0.0585. The number of nitrogens with zero attached hydrogens (tertiary/aromatic N) is 4. The lowest BCUT2D eigenvalue weighted by Crippen LogP contribution is -2.54. The molecule has 0 bridgehead atoms. The van der Waals surface area contributed by atoms with E-state index in [4.69, 9.17) is 19.2 Å². The molecule has 0 radical (unpaired) electrons. The first-order valence-corrected chi connectivity index (χ1v) is 12.0. The molecule has 1 N–H and O–H groups in total. The molecule has 8 nitrogen and oxygen atoms in total. The molecule has 1 spiro atoms. The molecule has 0 aromatic carbocycles.